The molecule has 0 bridgehead atoms. The number of carbonyl (C=O) groups excluding carboxylic acids is 2. The van der Waals surface area contributed by atoms with Crippen molar-refractivity contribution in [2.24, 2.45) is 0 Å². The lowest BCUT2D eigenvalue weighted by molar-refractivity contribution is -0.137. The van der Waals surface area contributed by atoms with Crippen LogP contribution in [-0.4, -0.2) is 53.6 Å². The zero-order valence-corrected chi connectivity index (χ0v) is 16.1. The average Bonchev–Trinajstić information content (AvgIpc) is 3.22. The minimum Gasteiger partial charge on any atom is -0.468 e. The Kier molecular flexibility index (Phi) is 6.63. The summed E-state index contributed by atoms with van der Waals surface area (Å²) in [4.78, 5) is 22.3. The standard InChI is InChI=1S/C10H12N6O5S4/c1-3-5(17)11-7-12-15-10(24-7)25(19,20)16-8-13-14-9(23-8)22-4-6(18)21-2/h3-4H2,1-2H3,(H,13,16)(H,11,12,17). The van der Waals surface area contributed by atoms with Gasteiger partial charge in [0.25, 0.3) is 14.4 Å². The number of aromatic nitrogens is 4. The molecule has 136 valence electrons. The third-order valence-corrected chi connectivity index (χ3v) is 6.99. The van der Waals surface area contributed by atoms with Gasteiger partial charge in [0.05, 0.1) is 12.9 Å². The van der Waals surface area contributed by atoms with Crippen LogP contribution in [0.5, 0.6) is 0 Å². The Morgan fingerprint density at radius 3 is 2.56 bits per heavy atom. The summed E-state index contributed by atoms with van der Waals surface area (Å²) in [5, 5.41) is 17.1. The van der Waals surface area contributed by atoms with Gasteiger partial charge in [-0.25, -0.2) is 0 Å². The molecule has 0 saturated carbocycles. The monoisotopic (exact) mass is 424 g/mol. The van der Waals surface area contributed by atoms with E-state index < -0.39 is 16.0 Å². The van der Waals surface area contributed by atoms with Crippen molar-refractivity contribution in [1.82, 2.24) is 20.4 Å². The highest BCUT2D eigenvalue weighted by molar-refractivity contribution is 8.01. The van der Waals surface area contributed by atoms with E-state index in [1.807, 2.05) is 0 Å². The van der Waals surface area contributed by atoms with Crippen LogP contribution in [0.3, 0.4) is 0 Å². The number of amides is 1. The first-order valence-corrected chi connectivity index (χ1v) is 10.6. The molecule has 2 aromatic heterocycles. The molecular formula is C10H12N6O5S4. The maximum absolute atomic E-state index is 12.2. The number of thioether (sulfide) groups is 1. The molecule has 0 fully saturated rings. The molecule has 2 N–H and O–H groups in total. The highest BCUT2D eigenvalue weighted by atomic mass is 32.2. The molecule has 2 aromatic rings. The van der Waals surface area contributed by atoms with Crippen LogP contribution in [-0.2, 0) is 24.3 Å². The predicted octanol–water partition coefficient (Wildman–Crippen LogP) is 0.804. The Hall–Kier alpha value is -1.84. The minimum atomic E-state index is -4.01. The Morgan fingerprint density at radius 2 is 1.88 bits per heavy atom. The molecule has 0 unspecified atom stereocenters. The van der Waals surface area contributed by atoms with E-state index in [1.54, 1.807) is 6.92 Å². The van der Waals surface area contributed by atoms with Crippen molar-refractivity contribution in [3.05, 3.63) is 0 Å². The van der Waals surface area contributed by atoms with E-state index in [2.05, 4.69) is 35.2 Å². The Bertz CT molecular complexity index is 863. The molecule has 11 nitrogen and oxygen atoms in total. The van der Waals surface area contributed by atoms with Gasteiger partial charge in [0.1, 0.15) is 0 Å². The second-order valence-electron chi connectivity index (χ2n) is 4.12. The zero-order valence-electron chi connectivity index (χ0n) is 12.9. The van der Waals surface area contributed by atoms with Crippen LogP contribution < -0.4 is 10.0 Å². The number of hydrogen-bond donors (Lipinski definition) is 2. The van der Waals surface area contributed by atoms with E-state index in [0.717, 1.165) is 23.1 Å². The third kappa shape index (κ3) is 5.58. The first kappa shape index (κ1) is 19.5. The van der Waals surface area contributed by atoms with E-state index in [9.17, 15) is 18.0 Å². The fraction of sp³-hybridized carbons (Fsp3) is 0.400. The average molecular weight is 425 g/mol. The maximum atomic E-state index is 12.2. The van der Waals surface area contributed by atoms with Crippen LogP contribution in [0.25, 0.3) is 0 Å². The maximum Gasteiger partial charge on any atom is 0.316 e. The van der Waals surface area contributed by atoms with E-state index in [-0.39, 0.29) is 32.7 Å². The van der Waals surface area contributed by atoms with Crippen molar-refractivity contribution in [2.45, 2.75) is 22.0 Å². The molecule has 2 heterocycles. The molecule has 0 aliphatic rings. The number of sulfonamides is 1. The summed E-state index contributed by atoms with van der Waals surface area (Å²) in [5.41, 5.74) is 0. The molecule has 0 aromatic carbocycles. The van der Waals surface area contributed by atoms with Gasteiger partial charge in [0.15, 0.2) is 4.34 Å². The van der Waals surface area contributed by atoms with Gasteiger partial charge in [0.2, 0.25) is 16.2 Å². The fourth-order valence-electron chi connectivity index (χ4n) is 1.22. The summed E-state index contributed by atoms with van der Waals surface area (Å²) in [6.45, 7) is 1.65. The van der Waals surface area contributed by atoms with Crippen molar-refractivity contribution in [2.75, 3.05) is 22.9 Å². The van der Waals surface area contributed by atoms with Gasteiger partial charge in [-0.15, -0.1) is 20.4 Å². The molecule has 15 heteroatoms. The van der Waals surface area contributed by atoms with Crippen molar-refractivity contribution >= 4 is 66.6 Å². The highest BCUT2D eigenvalue weighted by Crippen LogP contribution is 2.28. The van der Waals surface area contributed by atoms with Gasteiger partial charge in [-0.3, -0.25) is 14.3 Å². The molecule has 0 aliphatic carbocycles. The Balaban J connectivity index is 2.02. The number of rotatable bonds is 8. The number of nitrogens with one attached hydrogen (secondary N) is 2. The number of nitrogens with zero attached hydrogens (tertiary/aromatic N) is 4. The summed E-state index contributed by atoms with van der Waals surface area (Å²) in [6.07, 6.45) is 0.233. The van der Waals surface area contributed by atoms with E-state index in [4.69, 9.17) is 0 Å². The number of methoxy groups -OCH3 is 1. The van der Waals surface area contributed by atoms with Crippen LogP contribution >= 0.6 is 34.4 Å². The summed E-state index contributed by atoms with van der Waals surface area (Å²) >= 11 is 2.74. The van der Waals surface area contributed by atoms with Gasteiger partial charge >= 0.3 is 5.97 Å². The number of anilines is 2. The largest absolute Gasteiger partial charge is 0.468 e. The quantitative estimate of drug-likeness (QED) is 0.353. The van der Waals surface area contributed by atoms with Crippen molar-refractivity contribution in [3.63, 3.8) is 0 Å². The van der Waals surface area contributed by atoms with Crippen LogP contribution in [0.1, 0.15) is 13.3 Å². The number of ether oxygens (including phenoxy) is 1. The SMILES string of the molecule is CCC(=O)Nc1nnc(S(=O)(=O)Nc2nnc(SCC(=O)OC)s2)s1. The van der Waals surface area contributed by atoms with Crippen LogP contribution in [0.4, 0.5) is 10.3 Å². The molecule has 25 heavy (non-hydrogen) atoms. The molecular weight excluding hydrogens is 412 g/mol. The second-order valence-corrected chi connectivity index (χ2v) is 9.15. The smallest absolute Gasteiger partial charge is 0.316 e. The fourth-order valence-corrected chi connectivity index (χ4v) is 4.96. The lowest BCUT2D eigenvalue weighted by atomic mass is 10.5. The van der Waals surface area contributed by atoms with Gasteiger partial charge in [-0.2, -0.15) is 8.42 Å². The van der Waals surface area contributed by atoms with Crippen molar-refractivity contribution < 1.29 is 22.7 Å². The molecule has 1 amide bonds. The van der Waals surface area contributed by atoms with Crippen LogP contribution in [0.2, 0.25) is 0 Å². The number of esters is 1. The van der Waals surface area contributed by atoms with E-state index in [1.165, 1.54) is 7.11 Å². The molecule has 0 radical (unpaired) electrons. The normalized spacial score (nSPS) is 11.1. The van der Waals surface area contributed by atoms with Gasteiger partial charge in [-0.05, 0) is 0 Å². The topological polar surface area (TPSA) is 153 Å². The molecule has 0 atom stereocenters. The Labute approximate surface area is 154 Å². The second kappa shape index (κ2) is 8.50. The lowest BCUT2D eigenvalue weighted by Crippen LogP contribution is -2.12. The van der Waals surface area contributed by atoms with E-state index in [0.29, 0.717) is 15.7 Å². The van der Waals surface area contributed by atoms with Crippen molar-refractivity contribution in [3.8, 4) is 0 Å². The summed E-state index contributed by atoms with van der Waals surface area (Å²) in [7, 11) is -2.74. The van der Waals surface area contributed by atoms with Crippen LogP contribution in [0.15, 0.2) is 8.68 Å². The summed E-state index contributed by atoms with van der Waals surface area (Å²) in [6, 6.07) is 0. The first-order valence-electron chi connectivity index (χ1n) is 6.53. The molecule has 2 rings (SSSR count). The van der Waals surface area contributed by atoms with E-state index >= 15 is 0 Å². The van der Waals surface area contributed by atoms with Crippen molar-refractivity contribution in [1.29, 1.82) is 0 Å². The predicted molar refractivity (Wildman–Crippen MR) is 92.3 cm³/mol. The van der Waals surface area contributed by atoms with Gasteiger partial charge in [0, 0.05) is 6.42 Å². The summed E-state index contributed by atoms with van der Waals surface area (Å²) < 4.78 is 31.3. The molecule has 0 saturated heterocycles. The third-order valence-electron chi connectivity index (χ3n) is 2.37. The first-order chi connectivity index (χ1) is 11.8. The molecule has 0 spiro atoms. The number of hydrogen-bond acceptors (Lipinski definition) is 12. The highest BCUT2D eigenvalue weighted by Gasteiger charge is 2.23. The lowest BCUT2D eigenvalue weighted by Gasteiger charge is -1.99. The van der Waals surface area contributed by atoms with Gasteiger partial charge in [-0.1, -0.05) is 41.4 Å². The zero-order chi connectivity index (χ0) is 18.4. The Morgan fingerprint density at radius 1 is 1.16 bits per heavy atom. The van der Waals surface area contributed by atoms with Gasteiger partial charge < -0.3 is 10.1 Å². The molecule has 0 aliphatic heterocycles. The van der Waals surface area contributed by atoms with Crippen LogP contribution in [0, 0.1) is 0 Å². The minimum absolute atomic E-state index is 0.0155. The number of carbonyl (C=O) groups is 2. The summed E-state index contributed by atoms with van der Waals surface area (Å²) in [5.74, 6) is -0.698.